The second-order valence-electron chi connectivity index (χ2n) is 3.08. The Hall–Kier alpha value is 0.430. The maximum atomic E-state index is 11.0. The Bertz CT molecular complexity index is 380. The molecule has 7 N–H and O–H groups in total. The Morgan fingerprint density at radius 3 is 1.95 bits per heavy atom. The van der Waals surface area contributed by atoms with Crippen molar-refractivity contribution in [3.8, 4) is 0 Å². The first kappa shape index (κ1) is 25.4. The summed E-state index contributed by atoms with van der Waals surface area (Å²) in [4.78, 5) is 11.0. The minimum absolute atomic E-state index is 0. The van der Waals surface area contributed by atoms with E-state index in [0.29, 0.717) is 0 Å². The largest absolute Gasteiger partial charge is 1.00 e. The van der Waals surface area contributed by atoms with Crippen LogP contribution in [0.3, 0.4) is 0 Å². The van der Waals surface area contributed by atoms with Gasteiger partial charge in [-0.25, -0.2) is 4.79 Å². The molecule has 0 bridgehead atoms. The van der Waals surface area contributed by atoms with Gasteiger partial charge in [0, 0.05) is 0 Å². The van der Waals surface area contributed by atoms with Crippen LogP contribution in [0.1, 0.15) is 0 Å². The Morgan fingerprint density at radius 2 is 1.60 bits per heavy atom. The van der Waals surface area contributed by atoms with Crippen molar-refractivity contribution in [1.82, 2.24) is 0 Å². The third-order valence-corrected chi connectivity index (χ3v) is 2.40. The van der Waals surface area contributed by atoms with Crippen molar-refractivity contribution < 1.29 is 89.2 Å². The van der Waals surface area contributed by atoms with E-state index in [1.54, 1.807) is 0 Å². The molecule has 0 heterocycles. The minimum Gasteiger partial charge on any atom is -1.00 e. The Morgan fingerprint density at radius 1 is 1.15 bits per heavy atom. The fraction of sp³-hybridized carbons (Fsp3) is 0.833. The molecule has 4 atom stereocenters. The van der Waals surface area contributed by atoms with E-state index in [2.05, 4.69) is 14.4 Å². The van der Waals surface area contributed by atoms with Crippen molar-refractivity contribution in [2.24, 2.45) is 5.90 Å². The first-order valence-corrected chi connectivity index (χ1v) is 5.69. The van der Waals surface area contributed by atoms with Gasteiger partial charge >= 0.3 is 45.9 Å². The summed E-state index contributed by atoms with van der Waals surface area (Å²) in [5.41, 5.74) is 0. The molecule has 14 heteroatoms. The normalized spacial score (nSPS) is 16.9. The van der Waals surface area contributed by atoms with Crippen LogP contribution in [0, 0.1) is 0 Å². The Labute approximate surface area is 142 Å². The van der Waals surface area contributed by atoms with Crippen molar-refractivity contribution in [3.05, 3.63) is 0 Å². The first-order valence-electron chi connectivity index (χ1n) is 4.36. The molecule has 20 heavy (non-hydrogen) atoms. The molecule has 0 aromatic heterocycles. The zero-order valence-electron chi connectivity index (χ0n) is 10.2. The van der Waals surface area contributed by atoms with E-state index in [1.165, 1.54) is 0 Å². The monoisotopic (exact) mass is 349 g/mol. The standard InChI is InChI=1S/C6H13NO10S.ClH.Na/c7-17-18(14,15)16-6(13)5(12)4(11)3(10)2(9)1-8;;/h2-5,8-12H,1,7H2;1H;/q;;+1/p-1/t2-,3-,4+,5-;;/m1../s1. The molecule has 0 amide bonds. The molecule has 0 unspecified atom stereocenters. The molecule has 0 spiro atoms. The summed E-state index contributed by atoms with van der Waals surface area (Å²) >= 11 is 0. The number of aliphatic hydroxyl groups is 5. The van der Waals surface area contributed by atoms with E-state index < -0.39 is 47.4 Å². The van der Waals surface area contributed by atoms with Crippen LogP contribution < -0.4 is 47.9 Å². The van der Waals surface area contributed by atoms with Crippen molar-refractivity contribution in [1.29, 1.82) is 0 Å². The van der Waals surface area contributed by atoms with Crippen LogP contribution in [-0.4, -0.2) is 70.9 Å². The summed E-state index contributed by atoms with van der Waals surface area (Å²) < 4.78 is 27.9. The SMILES string of the molecule is NOS(=O)(=O)OC(=O)[C@H](O)[C@@H](O)[C@H](O)[C@H](O)CO.[Cl-].[Na+]. The van der Waals surface area contributed by atoms with Gasteiger partial charge in [-0.2, -0.15) is 18.6 Å². The summed E-state index contributed by atoms with van der Waals surface area (Å²) in [6, 6.07) is 0. The van der Waals surface area contributed by atoms with E-state index in [-0.39, 0.29) is 42.0 Å². The molecule has 0 radical (unpaired) electrons. The van der Waals surface area contributed by atoms with Crippen molar-refractivity contribution >= 4 is 16.4 Å². The number of carbonyl (C=O) groups excluding carboxylic acids is 1. The van der Waals surface area contributed by atoms with Gasteiger partial charge in [-0.05, 0) is 0 Å². The van der Waals surface area contributed by atoms with Crippen LogP contribution in [0.5, 0.6) is 0 Å². The molecule has 0 aromatic carbocycles. The minimum atomic E-state index is -4.89. The maximum absolute atomic E-state index is 11.0. The molecular weight excluding hydrogens is 337 g/mol. The number of hydrogen-bond acceptors (Lipinski definition) is 11. The zero-order chi connectivity index (χ0) is 14.5. The van der Waals surface area contributed by atoms with Crippen LogP contribution in [0.2, 0.25) is 0 Å². The number of nitrogens with two attached hydrogens (primary N) is 1. The van der Waals surface area contributed by atoms with Gasteiger partial charge in [0.15, 0.2) is 6.10 Å². The van der Waals surface area contributed by atoms with E-state index in [9.17, 15) is 18.3 Å². The molecule has 116 valence electrons. The molecule has 0 aliphatic carbocycles. The van der Waals surface area contributed by atoms with Crippen molar-refractivity contribution in [2.45, 2.75) is 24.4 Å². The van der Waals surface area contributed by atoms with Gasteiger partial charge in [0.2, 0.25) is 0 Å². The summed E-state index contributed by atoms with van der Waals surface area (Å²) in [7, 11) is -4.89. The molecule has 0 aliphatic rings. The Balaban J connectivity index is -0.00000144. The van der Waals surface area contributed by atoms with Gasteiger partial charge < -0.3 is 42.1 Å². The van der Waals surface area contributed by atoms with E-state index in [4.69, 9.17) is 20.4 Å². The number of aliphatic hydroxyl groups excluding tert-OH is 5. The van der Waals surface area contributed by atoms with E-state index >= 15 is 0 Å². The molecular formula is C6H13ClNNaO10S. The predicted octanol–water partition coefficient (Wildman–Crippen LogP) is -10.9. The summed E-state index contributed by atoms with van der Waals surface area (Å²) in [5.74, 6) is 2.34. The molecule has 0 aromatic rings. The van der Waals surface area contributed by atoms with Crippen LogP contribution in [-0.2, 0) is 23.7 Å². The zero-order valence-corrected chi connectivity index (χ0v) is 13.7. The average molecular weight is 350 g/mol. The van der Waals surface area contributed by atoms with E-state index in [0.717, 1.165) is 0 Å². The molecule has 0 fully saturated rings. The van der Waals surface area contributed by atoms with Gasteiger partial charge in [-0.15, -0.1) is 0 Å². The maximum Gasteiger partial charge on any atom is 1.00 e. The molecule has 0 saturated carbocycles. The van der Waals surface area contributed by atoms with Crippen molar-refractivity contribution in [2.75, 3.05) is 6.61 Å². The summed E-state index contributed by atoms with van der Waals surface area (Å²) in [6.07, 6.45) is -8.78. The number of rotatable bonds is 7. The molecule has 11 nitrogen and oxygen atoms in total. The van der Waals surface area contributed by atoms with E-state index in [1.807, 2.05) is 0 Å². The average Bonchev–Trinajstić information content (AvgIpc) is 2.34. The molecule has 0 saturated heterocycles. The van der Waals surface area contributed by atoms with Crippen LogP contribution in [0.4, 0.5) is 0 Å². The van der Waals surface area contributed by atoms with Gasteiger partial charge in [0.25, 0.3) is 0 Å². The molecule has 0 aliphatic heterocycles. The summed E-state index contributed by atoms with van der Waals surface area (Å²) in [5, 5.41) is 44.8. The smallest absolute Gasteiger partial charge is 1.00 e. The second kappa shape index (κ2) is 11.1. The quantitative estimate of drug-likeness (QED) is 0.188. The third kappa shape index (κ3) is 8.02. The number of hydrogen-bond donors (Lipinski definition) is 6. The topological polar surface area (TPSA) is 197 Å². The fourth-order valence-electron chi connectivity index (χ4n) is 0.831. The molecule has 0 rings (SSSR count). The first-order chi connectivity index (χ1) is 8.16. The third-order valence-electron chi connectivity index (χ3n) is 1.80. The number of carbonyl (C=O) groups is 1. The van der Waals surface area contributed by atoms with Gasteiger partial charge in [-0.1, -0.05) is 0 Å². The van der Waals surface area contributed by atoms with Crippen LogP contribution >= 0.6 is 0 Å². The summed E-state index contributed by atoms with van der Waals surface area (Å²) in [6.45, 7) is -0.968. The Kier molecular flexibility index (Phi) is 14.0. The van der Waals surface area contributed by atoms with Gasteiger partial charge in [0.1, 0.15) is 18.3 Å². The predicted molar refractivity (Wildman–Crippen MR) is 51.4 cm³/mol. The van der Waals surface area contributed by atoms with Crippen LogP contribution in [0.15, 0.2) is 0 Å². The van der Waals surface area contributed by atoms with Crippen LogP contribution in [0.25, 0.3) is 0 Å². The van der Waals surface area contributed by atoms with Gasteiger partial charge in [-0.3, -0.25) is 0 Å². The second-order valence-corrected chi connectivity index (χ2v) is 4.26. The number of halogens is 1. The fourth-order valence-corrected chi connectivity index (χ4v) is 1.17. The van der Waals surface area contributed by atoms with Gasteiger partial charge in [0.05, 0.1) is 6.61 Å². The van der Waals surface area contributed by atoms with Crippen molar-refractivity contribution in [3.63, 3.8) is 0 Å².